The van der Waals surface area contributed by atoms with Gasteiger partial charge >= 0.3 is 0 Å². The first kappa shape index (κ1) is 13.9. The molecule has 0 N–H and O–H groups in total. The molecule has 0 bridgehead atoms. The topological polar surface area (TPSA) is 17.1 Å². The van der Waals surface area contributed by atoms with Crippen LogP contribution in [0.5, 0.6) is 0 Å². The molecule has 1 rings (SSSR count). The van der Waals surface area contributed by atoms with Crippen LogP contribution in [0.1, 0.15) is 25.0 Å². The third-order valence-electron chi connectivity index (χ3n) is 2.59. The number of hydrogen-bond donors (Lipinski definition) is 0. The molecule has 88 valence electrons. The lowest BCUT2D eigenvalue weighted by Crippen LogP contribution is -2.22. The molecule has 1 aromatic carbocycles. The predicted octanol–water partition coefficient (Wildman–Crippen LogP) is 4.29. The number of carbonyl (C=O) groups is 1. The van der Waals surface area contributed by atoms with Crippen LogP contribution in [0, 0.1) is 12.8 Å². The van der Waals surface area contributed by atoms with Gasteiger partial charge in [-0.1, -0.05) is 51.8 Å². The molecule has 0 heterocycles. The Hall–Kier alpha value is -0.150. The third-order valence-corrected chi connectivity index (χ3v) is 3.86. The molecule has 0 aliphatic heterocycles. The highest BCUT2D eigenvalue weighted by atomic mass is 79.9. The second-order valence-corrected chi connectivity index (χ2v) is 6.32. The van der Waals surface area contributed by atoms with Crippen LogP contribution in [0.2, 0.25) is 0 Å². The highest BCUT2D eigenvalue weighted by Gasteiger charge is 2.19. The maximum absolute atomic E-state index is 11.8. The highest BCUT2D eigenvalue weighted by molar-refractivity contribution is 9.10. The van der Waals surface area contributed by atoms with Crippen LogP contribution < -0.4 is 0 Å². The van der Waals surface area contributed by atoms with Crippen LogP contribution in [0.15, 0.2) is 22.7 Å². The average molecular weight is 348 g/mol. The van der Waals surface area contributed by atoms with E-state index in [9.17, 15) is 4.79 Å². The lowest BCUT2D eigenvalue weighted by molar-refractivity contribution is -0.121. The Morgan fingerprint density at radius 2 is 2.00 bits per heavy atom. The zero-order chi connectivity index (χ0) is 12.3. The summed E-state index contributed by atoms with van der Waals surface area (Å²) in [5.74, 6) is 0.344. The van der Waals surface area contributed by atoms with E-state index in [2.05, 4.69) is 50.9 Å². The first-order valence-electron chi connectivity index (χ1n) is 5.34. The van der Waals surface area contributed by atoms with Gasteiger partial charge in [0.1, 0.15) is 5.78 Å². The van der Waals surface area contributed by atoms with Gasteiger partial charge in [-0.3, -0.25) is 4.79 Å². The van der Waals surface area contributed by atoms with Crippen molar-refractivity contribution in [1.82, 2.24) is 0 Å². The summed E-state index contributed by atoms with van der Waals surface area (Å²) in [6.07, 6.45) is 0.752. The normalized spacial score (nSPS) is 12.9. The number of aryl methyl sites for hydroxylation is 1. The van der Waals surface area contributed by atoms with Crippen molar-refractivity contribution in [3.8, 4) is 0 Å². The predicted molar refractivity (Wildman–Crippen MR) is 75.1 cm³/mol. The van der Waals surface area contributed by atoms with Crippen molar-refractivity contribution in [2.75, 3.05) is 0 Å². The molecule has 3 heteroatoms. The number of carbonyl (C=O) groups excluding carboxylic acids is 1. The molecular weight excluding hydrogens is 332 g/mol. The zero-order valence-corrected chi connectivity index (χ0v) is 12.9. The van der Waals surface area contributed by atoms with Gasteiger partial charge in [-0.2, -0.15) is 0 Å². The maximum atomic E-state index is 11.8. The fraction of sp³-hybridized carbons (Fsp3) is 0.462. The molecule has 1 aromatic rings. The second-order valence-electron chi connectivity index (χ2n) is 4.30. The van der Waals surface area contributed by atoms with Gasteiger partial charge in [-0.05, 0) is 36.6 Å². The van der Waals surface area contributed by atoms with Gasteiger partial charge in [0, 0.05) is 10.4 Å². The lowest BCUT2D eigenvalue weighted by Gasteiger charge is -2.13. The van der Waals surface area contributed by atoms with Gasteiger partial charge in [0.25, 0.3) is 0 Å². The molecular formula is C13H16Br2O. The zero-order valence-electron chi connectivity index (χ0n) is 9.76. The Balaban J connectivity index is 2.80. The van der Waals surface area contributed by atoms with Crippen molar-refractivity contribution < 1.29 is 4.79 Å². The summed E-state index contributed by atoms with van der Waals surface area (Å²) >= 11 is 6.93. The van der Waals surface area contributed by atoms with E-state index < -0.39 is 0 Å². The maximum Gasteiger partial charge on any atom is 0.149 e. The first-order chi connectivity index (χ1) is 7.41. The SMILES string of the molecule is Cc1ccc(Br)cc1CC(Br)C(=O)C(C)C. The molecule has 0 spiro atoms. The second kappa shape index (κ2) is 5.97. The fourth-order valence-corrected chi connectivity index (χ4v) is 2.80. The van der Waals surface area contributed by atoms with Crippen molar-refractivity contribution in [3.05, 3.63) is 33.8 Å². The Bertz CT molecular complexity index is 386. The van der Waals surface area contributed by atoms with Crippen LogP contribution in [0.3, 0.4) is 0 Å². The summed E-state index contributed by atoms with van der Waals surface area (Å²) in [5, 5.41) is 0. The van der Waals surface area contributed by atoms with Crippen molar-refractivity contribution in [1.29, 1.82) is 0 Å². The van der Waals surface area contributed by atoms with E-state index in [1.165, 1.54) is 11.1 Å². The number of alkyl halides is 1. The van der Waals surface area contributed by atoms with E-state index in [0.717, 1.165) is 10.9 Å². The third kappa shape index (κ3) is 3.70. The molecule has 0 aliphatic carbocycles. The summed E-state index contributed by atoms with van der Waals surface area (Å²) in [7, 11) is 0. The number of hydrogen-bond acceptors (Lipinski definition) is 1. The number of rotatable bonds is 4. The molecule has 1 nitrogen and oxygen atoms in total. The minimum Gasteiger partial charge on any atom is -0.298 e. The van der Waals surface area contributed by atoms with Gasteiger partial charge in [-0.25, -0.2) is 0 Å². The van der Waals surface area contributed by atoms with Gasteiger partial charge < -0.3 is 0 Å². The van der Waals surface area contributed by atoms with E-state index in [1.54, 1.807) is 0 Å². The number of benzene rings is 1. The standard InChI is InChI=1S/C13H16Br2O/c1-8(2)13(16)12(15)7-10-6-11(14)5-4-9(10)3/h4-6,8,12H,7H2,1-3H3. The smallest absolute Gasteiger partial charge is 0.149 e. The molecule has 0 aliphatic rings. The van der Waals surface area contributed by atoms with Crippen molar-refractivity contribution >= 4 is 37.6 Å². The molecule has 0 saturated heterocycles. The summed E-state index contributed by atoms with van der Waals surface area (Å²) in [5.41, 5.74) is 2.44. The summed E-state index contributed by atoms with van der Waals surface area (Å²) in [6, 6.07) is 6.17. The molecule has 0 saturated carbocycles. The average Bonchev–Trinajstić information content (AvgIpc) is 2.22. The van der Waals surface area contributed by atoms with Gasteiger partial charge in [0.15, 0.2) is 0 Å². The Morgan fingerprint density at radius 3 is 2.56 bits per heavy atom. The van der Waals surface area contributed by atoms with Crippen LogP contribution in [-0.2, 0) is 11.2 Å². The van der Waals surface area contributed by atoms with Crippen molar-refractivity contribution in [2.24, 2.45) is 5.92 Å². The van der Waals surface area contributed by atoms with Gasteiger partial charge in [0.2, 0.25) is 0 Å². The summed E-state index contributed by atoms with van der Waals surface area (Å²) in [4.78, 5) is 11.7. The molecule has 0 amide bonds. The van der Waals surface area contributed by atoms with Crippen molar-refractivity contribution in [3.63, 3.8) is 0 Å². The molecule has 0 fully saturated rings. The van der Waals surface area contributed by atoms with Crippen LogP contribution in [0.4, 0.5) is 0 Å². The van der Waals surface area contributed by atoms with Crippen LogP contribution >= 0.6 is 31.9 Å². The Labute approximate surface area is 114 Å². The fourth-order valence-electron chi connectivity index (χ4n) is 1.52. The van der Waals surface area contributed by atoms with Crippen molar-refractivity contribution in [2.45, 2.75) is 32.0 Å². The van der Waals surface area contributed by atoms with Crippen LogP contribution in [0.25, 0.3) is 0 Å². The van der Waals surface area contributed by atoms with Gasteiger partial charge in [0.05, 0.1) is 4.83 Å². The number of halogens is 2. The highest BCUT2D eigenvalue weighted by Crippen LogP contribution is 2.21. The van der Waals surface area contributed by atoms with E-state index >= 15 is 0 Å². The monoisotopic (exact) mass is 346 g/mol. The Morgan fingerprint density at radius 1 is 1.38 bits per heavy atom. The minimum absolute atomic E-state index is 0.0804. The largest absolute Gasteiger partial charge is 0.298 e. The van der Waals surface area contributed by atoms with E-state index in [4.69, 9.17) is 0 Å². The van der Waals surface area contributed by atoms with E-state index in [-0.39, 0.29) is 16.5 Å². The molecule has 16 heavy (non-hydrogen) atoms. The quantitative estimate of drug-likeness (QED) is 0.742. The van der Waals surface area contributed by atoms with Crippen LogP contribution in [-0.4, -0.2) is 10.6 Å². The van der Waals surface area contributed by atoms with E-state index in [0.29, 0.717) is 0 Å². The van der Waals surface area contributed by atoms with Gasteiger partial charge in [-0.15, -0.1) is 0 Å². The Kier molecular flexibility index (Phi) is 5.19. The first-order valence-corrected chi connectivity index (χ1v) is 7.05. The molecule has 1 unspecified atom stereocenters. The lowest BCUT2D eigenvalue weighted by atomic mass is 9.98. The summed E-state index contributed by atoms with van der Waals surface area (Å²) < 4.78 is 1.06. The molecule has 0 aromatic heterocycles. The molecule has 1 atom stereocenters. The molecule has 0 radical (unpaired) electrons. The minimum atomic E-state index is -0.0829. The van der Waals surface area contributed by atoms with E-state index in [1.807, 2.05) is 19.9 Å². The number of Topliss-reactive ketones (excluding diaryl/α,β-unsaturated/α-hetero) is 1. The number of ketones is 1. The summed E-state index contributed by atoms with van der Waals surface area (Å²) in [6.45, 7) is 5.94.